The Hall–Kier alpha value is -5.84. The maximum absolute atomic E-state index is 9.63. The zero-order valence-corrected chi connectivity index (χ0v) is 22.6. The highest BCUT2D eigenvalue weighted by Gasteiger charge is 2.38. The lowest BCUT2D eigenvalue weighted by Gasteiger charge is -2.29. The number of hydrogen-bond acceptors (Lipinski definition) is 3. The fourth-order valence-corrected chi connectivity index (χ4v) is 6.78. The number of nitrogens with zero attached hydrogens (tertiary/aromatic N) is 4. The lowest BCUT2D eigenvalue weighted by Crippen LogP contribution is -2.28. The molecule has 8 rings (SSSR count). The summed E-state index contributed by atoms with van der Waals surface area (Å²) in [5.74, 6) is 0.289. The van der Waals surface area contributed by atoms with Gasteiger partial charge in [-0.15, -0.1) is 0 Å². The third kappa shape index (κ3) is 3.53. The molecule has 196 valence electrons. The topological polar surface area (TPSA) is 55.8 Å². The van der Waals surface area contributed by atoms with Gasteiger partial charge in [0.15, 0.2) is 0 Å². The highest BCUT2D eigenvalue weighted by atomic mass is 15.2. The molecule has 0 bridgehead atoms. The first-order valence-corrected chi connectivity index (χ1v) is 14.1. The summed E-state index contributed by atoms with van der Waals surface area (Å²) in [4.78, 5) is 2.49. The molecule has 6 aromatic rings. The summed E-state index contributed by atoms with van der Waals surface area (Å²) in [6.07, 6.45) is 8.92. The fourth-order valence-electron chi connectivity index (χ4n) is 6.78. The Bertz CT molecular complexity index is 2150. The molecule has 42 heavy (non-hydrogen) atoms. The molecular weight excluding hydrogens is 512 g/mol. The molecule has 0 saturated heterocycles. The van der Waals surface area contributed by atoms with Gasteiger partial charge in [-0.2, -0.15) is 10.5 Å². The van der Waals surface area contributed by atoms with Crippen LogP contribution in [0.25, 0.3) is 38.6 Å². The lowest BCUT2D eigenvalue weighted by atomic mass is 9.91. The molecule has 0 N–H and O–H groups in total. The van der Waals surface area contributed by atoms with E-state index in [2.05, 4.69) is 131 Å². The Balaban J connectivity index is 1.45. The predicted octanol–water partition coefficient (Wildman–Crippen LogP) is 8.92. The van der Waals surface area contributed by atoms with Crippen LogP contribution in [0.5, 0.6) is 0 Å². The standard InChI is InChI=1S/C38H24N4/c39-23-25-19-26(24-40)21-28(20-25)27-17-18-35-32(22-27)38-36(41(35)29-9-2-1-3-10-29)15-8-16-37(38)42-33-13-6-4-11-30(33)31-12-5-7-14-34(31)42/h1-22,30,33H. The molecule has 2 heterocycles. The van der Waals surface area contributed by atoms with Gasteiger partial charge in [-0.1, -0.05) is 72.8 Å². The van der Waals surface area contributed by atoms with Crippen LogP contribution in [-0.2, 0) is 0 Å². The second-order valence-electron chi connectivity index (χ2n) is 10.8. The summed E-state index contributed by atoms with van der Waals surface area (Å²) in [7, 11) is 0. The number of fused-ring (bicyclic) bond motifs is 6. The smallest absolute Gasteiger partial charge is 0.0992 e. The average molecular weight is 537 g/mol. The van der Waals surface area contributed by atoms with E-state index < -0.39 is 0 Å². The monoisotopic (exact) mass is 536 g/mol. The second kappa shape index (κ2) is 9.37. The van der Waals surface area contributed by atoms with Gasteiger partial charge in [0.2, 0.25) is 0 Å². The van der Waals surface area contributed by atoms with E-state index in [1.165, 1.54) is 16.6 Å². The summed E-state index contributed by atoms with van der Waals surface area (Å²) in [6.45, 7) is 0. The molecular formula is C38H24N4. The summed E-state index contributed by atoms with van der Waals surface area (Å²) in [5, 5.41) is 21.5. The predicted molar refractivity (Wildman–Crippen MR) is 169 cm³/mol. The Morgan fingerprint density at radius 3 is 2.14 bits per heavy atom. The summed E-state index contributed by atoms with van der Waals surface area (Å²) >= 11 is 0. The molecule has 2 aliphatic rings. The quantitative estimate of drug-likeness (QED) is 0.227. The van der Waals surface area contributed by atoms with Crippen molar-refractivity contribution in [2.24, 2.45) is 0 Å². The highest BCUT2D eigenvalue weighted by molar-refractivity contribution is 6.17. The van der Waals surface area contributed by atoms with Crippen molar-refractivity contribution in [3.05, 3.63) is 150 Å². The summed E-state index contributed by atoms with van der Waals surface area (Å²) in [6, 6.07) is 42.2. The molecule has 0 amide bonds. The molecule has 1 aliphatic heterocycles. The molecule has 2 unspecified atom stereocenters. The van der Waals surface area contributed by atoms with Crippen molar-refractivity contribution in [3.8, 4) is 29.0 Å². The molecule has 5 aromatic carbocycles. The maximum Gasteiger partial charge on any atom is 0.0992 e. The number of para-hydroxylation sites is 2. The van der Waals surface area contributed by atoms with Crippen LogP contribution in [0.2, 0.25) is 0 Å². The van der Waals surface area contributed by atoms with Gasteiger partial charge in [-0.3, -0.25) is 0 Å². The molecule has 4 heteroatoms. The fraction of sp³-hybridized carbons (Fsp3) is 0.0526. The molecule has 4 nitrogen and oxygen atoms in total. The van der Waals surface area contributed by atoms with E-state index in [1.807, 2.05) is 18.2 Å². The number of benzene rings is 5. The zero-order valence-electron chi connectivity index (χ0n) is 22.6. The van der Waals surface area contributed by atoms with E-state index in [4.69, 9.17) is 0 Å². The average Bonchev–Trinajstić information content (AvgIpc) is 3.57. The first kappa shape index (κ1) is 24.0. The second-order valence-corrected chi connectivity index (χ2v) is 10.8. The lowest BCUT2D eigenvalue weighted by molar-refractivity contribution is 0.746. The van der Waals surface area contributed by atoms with Crippen molar-refractivity contribution in [2.45, 2.75) is 12.0 Å². The molecule has 1 aliphatic carbocycles. The van der Waals surface area contributed by atoms with Crippen molar-refractivity contribution in [3.63, 3.8) is 0 Å². The molecule has 1 aromatic heterocycles. The van der Waals surface area contributed by atoms with Crippen molar-refractivity contribution >= 4 is 33.2 Å². The van der Waals surface area contributed by atoms with Crippen LogP contribution in [0, 0.1) is 22.7 Å². The van der Waals surface area contributed by atoms with Gasteiger partial charge in [-0.25, -0.2) is 0 Å². The van der Waals surface area contributed by atoms with Gasteiger partial charge in [0.25, 0.3) is 0 Å². The Morgan fingerprint density at radius 2 is 1.33 bits per heavy atom. The first-order valence-electron chi connectivity index (χ1n) is 14.1. The van der Waals surface area contributed by atoms with Gasteiger partial charge in [0.05, 0.1) is 46.0 Å². The zero-order chi connectivity index (χ0) is 28.2. The molecule has 2 atom stereocenters. The van der Waals surface area contributed by atoms with Crippen LogP contribution in [0.3, 0.4) is 0 Å². The van der Waals surface area contributed by atoms with Gasteiger partial charge < -0.3 is 9.47 Å². The van der Waals surface area contributed by atoms with Crippen molar-refractivity contribution in [1.29, 1.82) is 10.5 Å². The molecule has 0 saturated carbocycles. The minimum absolute atomic E-state index is 0.182. The molecule has 0 fully saturated rings. The minimum atomic E-state index is 0.182. The van der Waals surface area contributed by atoms with Crippen LogP contribution in [-0.4, -0.2) is 10.6 Å². The van der Waals surface area contributed by atoms with Gasteiger partial charge in [0, 0.05) is 28.1 Å². The third-order valence-corrected chi connectivity index (χ3v) is 8.53. The van der Waals surface area contributed by atoms with Crippen molar-refractivity contribution < 1.29 is 0 Å². The first-order chi connectivity index (χ1) is 20.7. The number of aromatic nitrogens is 1. The largest absolute Gasteiger partial charge is 0.333 e. The summed E-state index contributed by atoms with van der Waals surface area (Å²) < 4.78 is 2.33. The van der Waals surface area contributed by atoms with Crippen LogP contribution < -0.4 is 4.90 Å². The van der Waals surface area contributed by atoms with E-state index in [0.717, 1.165) is 38.9 Å². The van der Waals surface area contributed by atoms with E-state index in [-0.39, 0.29) is 12.0 Å². The van der Waals surface area contributed by atoms with Crippen molar-refractivity contribution in [2.75, 3.05) is 4.90 Å². The van der Waals surface area contributed by atoms with Crippen LogP contribution in [0.1, 0.15) is 22.6 Å². The Kier molecular flexibility index (Phi) is 5.36. The van der Waals surface area contributed by atoms with Crippen LogP contribution in [0.15, 0.2) is 133 Å². The normalized spacial score (nSPS) is 16.8. The van der Waals surface area contributed by atoms with E-state index in [0.29, 0.717) is 11.1 Å². The number of rotatable bonds is 3. The van der Waals surface area contributed by atoms with Gasteiger partial charge >= 0.3 is 0 Å². The van der Waals surface area contributed by atoms with Gasteiger partial charge in [-0.05, 0) is 77.4 Å². The van der Waals surface area contributed by atoms with E-state index in [9.17, 15) is 10.5 Å². The van der Waals surface area contributed by atoms with Crippen LogP contribution in [0.4, 0.5) is 11.4 Å². The van der Waals surface area contributed by atoms with Crippen molar-refractivity contribution in [1.82, 2.24) is 4.57 Å². The molecule has 0 spiro atoms. The SMILES string of the molecule is N#Cc1cc(C#N)cc(-c2ccc3c(c2)c2c(N4c5ccccc5C5C=CC=CC54)cccc2n3-c2ccccc2)c1. The number of anilines is 2. The number of allylic oxidation sites excluding steroid dienone is 2. The van der Waals surface area contributed by atoms with E-state index >= 15 is 0 Å². The maximum atomic E-state index is 9.63. The number of nitriles is 2. The highest BCUT2D eigenvalue weighted by Crippen LogP contribution is 2.50. The van der Waals surface area contributed by atoms with Gasteiger partial charge in [0.1, 0.15) is 0 Å². The van der Waals surface area contributed by atoms with E-state index in [1.54, 1.807) is 6.07 Å². The number of hydrogen-bond donors (Lipinski definition) is 0. The Morgan fingerprint density at radius 1 is 0.595 bits per heavy atom. The minimum Gasteiger partial charge on any atom is -0.333 e. The third-order valence-electron chi connectivity index (χ3n) is 8.53. The van der Waals surface area contributed by atoms with Crippen LogP contribution >= 0.6 is 0 Å². The Labute approximate surface area is 243 Å². The summed E-state index contributed by atoms with van der Waals surface area (Å²) in [5.41, 5.74) is 9.85. The molecule has 0 radical (unpaired) electrons.